The summed E-state index contributed by atoms with van der Waals surface area (Å²) in [5.41, 5.74) is 0. The summed E-state index contributed by atoms with van der Waals surface area (Å²) in [6, 6.07) is 0.505. The fourth-order valence-electron chi connectivity index (χ4n) is 2.09. The number of nitrogens with one attached hydrogen (secondary N) is 1. The van der Waals surface area contributed by atoms with Crippen LogP contribution in [0.1, 0.15) is 26.2 Å². The lowest BCUT2D eigenvalue weighted by molar-refractivity contribution is 0.213. The topological polar surface area (TPSA) is 49.4 Å². The van der Waals surface area contributed by atoms with Crippen LogP contribution in [0.5, 0.6) is 0 Å². The van der Waals surface area contributed by atoms with Crippen molar-refractivity contribution in [2.75, 3.05) is 38.2 Å². The Labute approximate surface area is 99.3 Å². The average molecular weight is 248 g/mol. The molecule has 1 fully saturated rings. The summed E-state index contributed by atoms with van der Waals surface area (Å²) in [7, 11) is -0.801. The van der Waals surface area contributed by atoms with E-state index in [0.29, 0.717) is 24.1 Å². The van der Waals surface area contributed by atoms with E-state index in [1.807, 2.05) is 14.0 Å². The highest BCUT2D eigenvalue weighted by atomic mass is 32.2. The highest BCUT2D eigenvalue weighted by Gasteiger charge is 2.19. The predicted octanol–water partition coefficient (Wildman–Crippen LogP) is 0.495. The second-order valence-electron chi connectivity index (χ2n) is 4.63. The van der Waals surface area contributed by atoms with E-state index in [1.54, 1.807) is 0 Å². The van der Waals surface area contributed by atoms with Crippen molar-refractivity contribution in [3.63, 3.8) is 0 Å². The van der Waals surface area contributed by atoms with Crippen LogP contribution in [0.2, 0.25) is 0 Å². The molecule has 0 aliphatic carbocycles. The van der Waals surface area contributed by atoms with Gasteiger partial charge in [0.05, 0.1) is 5.75 Å². The van der Waals surface area contributed by atoms with Gasteiger partial charge in [0.25, 0.3) is 0 Å². The number of rotatable bonds is 6. The zero-order valence-corrected chi connectivity index (χ0v) is 11.2. The van der Waals surface area contributed by atoms with Gasteiger partial charge in [0.1, 0.15) is 0 Å². The van der Waals surface area contributed by atoms with Crippen LogP contribution in [0, 0.1) is 0 Å². The zero-order chi connectivity index (χ0) is 12.0. The first-order valence-electron chi connectivity index (χ1n) is 6.16. The van der Waals surface area contributed by atoms with Crippen molar-refractivity contribution < 1.29 is 8.42 Å². The molecule has 5 heteroatoms. The van der Waals surface area contributed by atoms with E-state index in [4.69, 9.17) is 0 Å². The van der Waals surface area contributed by atoms with E-state index < -0.39 is 9.84 Å². The third-order valence-electron chi connectivity index (χ3n) is 3.16. The molecule has 1 N–H and O–H groups in total. The maximum absolute atomic E-state index is 11.6. The fraction of sp³-hybridized carbons (Fsp3) is 1.00. The molecule has 4 nitrogen and oxygen atoms in total. The minimum atomic E-state index is -2.83. The first-order chi connectivity index (χ1) is 7.55. The van der Waals surface area contributed by atoms with Crippen LogP contribution in [-0.4, -0.2) is 57.5 Å². The van der Waals surface area contributed by atoms with Crippen LogP contribution in [-0.2, 0) is 9.84 Å². The van der Waals surface area contributed by atoms with Gasteiger partial charge in [-0.3, -0.25) is 0 Å². The van der Waals surface area contributed by atoms with Gasteiger partial charge in [-0.1, -0.05) is 6.92 Å². The molecule has 0 aromatic heterocycles. The highest BCUT2D eigenvalue weighted by Crippen LogP contribution is 2.08. The summed E-state index contributed by atoms with van der Waals surface area (Å²) in [5.74, 6) is 0.623. The molecule has 1 unspecified atom stereocenters. The van der Waals surface area contributed by atoms with E-state index >= 15 is 0 Å². The van der Waals surface area contributed by atoms with E-state index in [9.17, 15) is 8.42 Å². The lowest BCUT2D eigenvalue weighted by atomic mass is 10.1. The minimum absolute atomic E-state index is 0.299. The molecule has 1 heterocycles. The highest BCUT2D eigenvalue weighted by molar-refractivity contribution is 7.91. The number of piperidine rings is 1. The molecule has 16 heavy (non-hydrogen) atoms. The van der Waals surface area contributed by atoms with Crippen molar-refractivity contribution in [3.8, 4) is 0 Å². The summed E-state index contributed by atoms with van der Waals surface area (Å²) in [5, 5.41) is 3.35. The Morgan fingerprint density at radius 3 is 2.69 bits per heavy atom. The normalized spacial score (nSPS) is 22.6. The predicted molar refractivity (Wildman–Crippen MR) is 67.5 cm³/mol. The zero-order valence-electron chi connectivity index (χ0n) is 10.4. The van der Waals surface area contributed by atoms with Crippen molar-refractivity contribution in [3.05, 3.63) is 0 Å². The van der Waals surface area contributed by atoms with Gasteiger partial charge < -0.3 is 10.2 Å². The fourth-order valence-corrected chi connectivity index (χ4v) is 3.48. The van der Waals surface area contributed by atoms with E-state index in [1.165, 1.54) is 12.8 Å². The van der Waals surface area contributed by atoms with Crippen molar-refractivity contribution >= 4 is 9.84 Å². The van der Waals surface area contributed by atoms with Gasteiger partial charge in [0, 0.05) is 24.9 Å². The molecule has 0 spiro atoms. The van der Waals surface area contributed by atoms with Crippen molar-refractivity contribution in [1.82, 2.24) is 10.2 Å². The van der Waals surface area contributed by atoms with Gasteiger partial charge in [-0.15, -0.1) is 0 Å². The van der Waals surface area contributed by atoms with E-state index in [-0.39, 0.29) is 0 Å². The van der Waals surface area contributed by atoms with Crippen LogP contribution >= 0.6 is 0 Å². The van der Waals surface area contributed by atoms with Crippen molar-refractivity contribution in [2.45, 2.75) is 32.2 Å². The molecule has 1 aliphatic heterocycles. The first kappa shape index (κ1) is 13.9. The lowest BCUT2D eigenvalue weighted by Gasteiger charge is -2.31. The molecular formula is C11H24N2O2S. The van der Waals surface area contributed by atoms with Gasteiger partial charge in [0.2, 0.25) is 0 Å². The largest absolute Gasteiger partial charge is 0.315 e. The molecular weight excluding hydrogens is 224 g/mol. The Morgan fingerprint density at radius 2 is 2.12 bits per heavy atom. The van der Waals surface area contributed by atoms with Crippen LogP contribution in [0.4, 0.5) is 0 Å². The molecule has 0 bridgehead atoms. The maximum Gasteiger partial charge on any atom is 0.151 e. The second-order valence-corrected chi connectivity index (χ2v) is 6.94. The average Bonchev–Trinajstić information content (AvgIpc) is 2.27. The summed E-state index contributed by atoms with van der Waals surface area (Å²) in [4.78, 5) is 2.18. The van der Waals surface area contributed by atoms with Crippen molar-refractivity contribution in [1.29, 1.82) is 0 Å². The molecule has 1 aliphatic rings. The van der Waals surface area contributed by atoms with Gasteiger partial charge in [-0.05, 0) is 32.9 Å². The summed E-state index contributed by atoms with van der Waals surface area (Å²) in [6.07, 6.45) is 3.09. The first-order valence-corrected chi connectivity index (χ1v) is 7.98. The van der Waals surface area contributed by atoms with Crippen LogP contribution in [0.25, 0.3) is 0 Å². The van der Waals surface area contributed by atoms with Crippen LogP contribution < -0.4 is 5.32 Å². The molecule has 0 aromatic carbocycles. The maximum atomic E-state index is 11.6. The summed E-state index contributed by atoms with van der Waals surface area (Å²) >= 11 is 0. The standard InChI is InChI=1S/C11H24N2O2S/c1-3-8-16(14,15)9-7-13(2)11-5-4-6-12-10-11/h11-12H,3-10H2,1-2H3. The second kappa shape index (κ2) is 6.57. The molecule has 0 radical (unpaired) electrons. The Bertz CT molecular complexity index is 284. The quantitative estimate of drug-likeness (QED) is 0.743. The Hall–Kier alpha value is -0.130. The smallest absolute Gasteiger partial charge is 0.151 e. The van der Waals surface area contributed by atoms with Crippen LogP contribution in [0.15, 0.2) is 0 Å². The Kier molecular flexibility index (Phi) is 5.72. The van der Waals surface area contributed by atoms with Crippen LogP contribution in [0.3, 0.4) is 0 Å². The SMILES string of the molecule is CCCS(=O)(=O)CCN(C)C1CCCNC1. The molecule has 96 valence electrons. The molecule has 0 amide bonds. The third-order valence-corrected chi connectivity index (χ3v) is 5.00. The van der Waals surface area contributed by atoms with E-state index in [0.717, 1.165) is 19.5 Å². The van der Waals surface area contributed by atoms with Gasteiger partial charge in [-0.2, -0.15) is 0 Å². The lowest BCUT2D eigenvalue weighted by Crippen LogP contribution is -2.45. The minimum Gasteiger partial charge on any atom is -0.315 e. The number of sulfone groups is 1. The molecule has 1 rings (SSSR count). The number of likely N-dealkylation sites (N-methyl/N-ethyl adjacent to an activating group) is 1. The van der Waals surface area contributed by atoms with Gasteiger partial charge in [0.15, 0.2) is 9.84 Å². The molecule has 0 saturated carbocycles. The number of hydrogen-bond donors (Lipinski definition) is 1. The summed E-state index contributed by atoms with van der Waals surface area (Å²) in [6.45, 7) is 4.66. The molecule has 0 aromatic rings. The Balaban J connectivity index is 2.31. The van der Waals surface area contributed by atoms with Crippen molar-refractivity contribution in [2.24, 2.45) is 0 Å². The third kappa shape index (κ3) is 4.80. The van der Waals surface area contributed by atoms with E-state index in [2.05, 4.69) is 10.2 Å². The van der Waals surface area contributed by atoms with Gasteiger partial charge >= 0.3 is 0 Å². The summed E-state index contributed by atoms with van der Waals surface area (Å²) < 4.78 is 23.2. The number of nitrogens with zero attached hydrogens (tertiary/aromatic N) is 1. The Morgan fingerprint density at radius 1 is 1.38 bits per heavy atom. The molecule has 1 saturated heterocycles. The van der Waals surface area contributed by atoms with Gasteiger partial charge in [-0.25, -0.2) is 8.42 Å². The monoisotopic (exact) mass is 248 g/mol. The number of hydrogen-bond acceptors (Lipinski definition) is 4. The molecule has 1 atom stereocenters.